The van der Waals surface area contributed by atoms with Gasteiger partial charge in [0.2, 0.25) is 0 Å². The summed E-state index contributed by atoms with van der Waals surface area (Å²) in [6.45, 7) is 3.28. The molecule has 8 heteroatoms. The van der Waals surface area contributed by atoms with Crippen LogP contribution in [-0.4, -0.2) is 42.4 Å². The van der Waals surface area contributed by atoms with Gasteiger partial charge >= 0.3 is 17.9 Å². The first kappa shape index (κ1) is 21.6. The molecule has 0 aromatic heterocycles. The number of aryl methyl sites for hydroxylation is 1. The molecular formula is C22H24ClN3O4. The molecule has 7 nitrogen and oxygen atoms in total. The van der Waals surface area contributed by atoms with Crippen molar-refractivity contribution < 1.29 is 19.1 Å². The van der Waals surface area contributed by atoms with Gasteiger partial charge in [0.05, 0.1) is 0 Å². The number of carbonyl (C=O) groups is 3. The second-order valence-electron chi connectivity index (χ2n) is 7.23. The Morgan fingerprint density at radius 3 is 2.47 bits per heavy atom. The summed E-state index contributed by atoms with van der Waals surface area (Å²) in [5, 5.41) is 5.73. The molecule has 2 aromatic rings. The maximum atomic E-state index is 12.2. The zero-order valence-corrected chi connectivity index (χ0v) is 17.4. The lowest BCUT2D eigenvalue weighted by Crippen LogP contribution is -2.44. The fourth-order valence-electron chi connectivity index (χ4n) is 3.20. The van der Waals surface area contributed by atoms with Crippen LogP contribution in [0.25, 0.3) is 0 Å². The van der Waals surface area contributed by atoms with Crippen molar-refractivity contribution in [2.45, 2.75) is 19.8 Å². The van der Waals surface area contributed by atoms with Crippen LogP contribution in [0.1, 0.15) is 18.4 Å². The fraction of sp³-hybridized carbons (Fsp3) is 0.318. The maximum Gasteiger partial charge on any atom is 0.415 e. The number of para-hydroxylation sites is 1. The van der Waals surface area contributed by atoms with E-state index < -0.39 is 11.8 Å². The van der Waals surface area contributed by atoms with Crippen molar-refractivity contribution in [3.05, 3.63) is 59.1 Å². The van der Waals surface area contributed by atoms with Gasteiger partial charge in [-0.1, -0.05) is 35.9 Å². The number of nitrogens with one attached hydrogen (secondary N) is 2. The standard InChI is InChI=1S/C22H24ClN3O4/c1-15-7-8-17(23)13-19(15)25-21(28)20(27)24-14-16-9-11-26(12-10-16)22(29)30-18-5-3-2-4-6-18/h2-8,13,16H,9-12,14H2,1H3,(H,24,27)(H,25,28). The van der Waals surface area contributed by atoms with E-state index in [1.54, 1.807) is 47.4 Å². The molecule has 1 fully saturated rings. The maximum absolute atomic E-state index is 12.2. The first-order chi connectivity index (χ1) is 14.4. The SMILES string of the molecule is Cc1ccc(Cl)cc1NC(=O)C(=O)NCC1CCN(C(=O)Oc2ccccc2)CC1. The number of carbonyl (C=O) groups excluding carboxylic acids is 3. The number of likely N-dealkylation sites (tertiary alicyclic amines) is 1. The second kappa shape index (κ2) is 10.1. The van der Waals surface area contributed by atoms with Crippen molar-refractivity contribution >= 4 is 35.2 Å². The van der Waals surface area contributed by atoms with Gasteiger partial charge < -0.3 is 20.3 Å². The van der Waals surface area contributed by atoms with Crippen LogP contribution in [0, 0.1) is 12.8 Å². The number of ether oxygens (including phenoxy) is 1. The van der Waals surface area contributed by atoms with Crippen molar-refractivity contribution in [3.63, 3.8) is 0 Å². The van der Waals surface area contributed by atoms with Crippen LogP contribution in [0.15, 0.2) is 48.5 Å². The molecule has 0 saturated carbocycles. The lowest BCUT2D eigenvalue weighted by molar-refractivity contribution is -0.136. The molecule has 2 N–H and O–H groups in total. The molecule has 0 radical (unpaired) electrons. The summed E-state index contributed by atoms with van der Waals surface area (Å²) in [7, 11) is 0. The predicted molar refractivity (Wildman–Crippen MR) is 115 cm³/mol. The summed E-state index contributed by atoms with van der Waals surface area (Å²) in [6.07, 6.45) is 1.07. The summed E-state index contributed by atoms with van der Waals surface area (Å²) in [4.78, 5) is 38.1. The predicted octanol–water partition coefficient (Wildman–Crippen LogP) is 3.61. The van der Waals surface area contributed by atoms with Gasteiger partial charge in [0.1, 0.15) is 5.75 Å². The first-order valence-corrected chi connectivity index (χ1v) is 10.2. The minimum Gasteiger partial charge on any atom is -0.410 e. The zero-order chi connectivity index (χ0) is 21.5. The average molecular weight is 430 g/mol. The third-order valence-electron chi connectivity index (χ3n) is 5.03. The Balaban J connectivity index is 1.40. The lowest BCUT2D eigenvalue weighted by Gasteiger charge is -2.31. The van der Waals surface area contributed by atoms with Crippen LogP contribution >= 0.6 is 11.6 Å². The van der Waals surface area contributed by atoms with Crippen LogP contribution in [0.3, 0.4) is 0 Å². The van der Waals surface area contributed by atoms with E-state index in [-0.39, 0.29) is 12.0 Å². The van der Waals surface area contributed by atoms with Gasteiger partial charge in [0, 0.05) is 30.3 Å². The number of hydrogen-bond donors (Lipinski definition) is 2. The van der Waals surface area contributed by atoms with Gasteiger partial charge in [-0.25, -0.2) is 4.79 Å². The minimum absolute atomic E-state index is 0.190. The number of benzene rings is 2. The molecule has 158 valence electrons. The van der Waals surface area contributed by atoms with Gasteiger partial charge in [0.25, 0.3) is 0 Å². The van der Waals surface area contributed by atoms with E-state index in [1.165, 1.54) is 0 Å². The van der Waals surface area contributed by atoms with Crippen LogP contribution in [-0.2, 0) is 9.59 Å². The average Bonchev–Trinajstić information content (AvgIpc) is 2.75. The van der Waals surface area contributed by atoms with Gasteiger partial charge in [-0.15, -0.1) is 0 Å². The Labute approximate surface area is 180 Å². The number of halogens is 1. The largest absolute Gasteiger partial charge is 0.415 e. The molecule has 2 aromatic carbocycles. The lowest BCUT2D eigenvalue weighted by atomic mass is 9.97. The molecule has 0 spiro atoms. The van der Waals surface area contributed by atoms with Gasteiger partial charge in [-0.3, -0.25) is 9.59 Å². The van der Waals surface area contributed by atoms with E-state index in [0.717, 1.165) is 18.4 Å². The molecule has 0 atom stereocenters. The van der Waals surface area contributed by atoms with E-state index in [2.05, 4.69) is 10.6 Å². The van der Waals surface area contributed by atoms with E-state index in [0.29, 0.717) is 36.1 Å². The molecule has 1 saturated heterocycles. The van der Waals surface area contributed by atoms with E-state index in [9.17, 15) is 14.4 Å². The van der Waals surface area contributed by atoms with Gasteiger partial charge in [-0.05, 0) is 55.5 Å². The monoisotopic (exact) mass is 429 g/mol. The Bertz CT molecular complexity index is 912. The number of amides is 3. The smallest absolute Gasteiger partial charge is 0.410 e. The molecule has 30 heavy (non-hydrogen) atoms. The normalized spacial score (nSPS) is 14.1. The first-order valence-electron chi connectivity index (χ1n) is 9.79. The number of hydrogen-bond acceptors (Lipinski definition) is 4. The highest BCUT2D eigenvalue weighted by atomic mass is 35.5. The number of anilines is 1. The summed E-state index contributed by atoms with van der Waals surface area (Å²) >= 11 is 5.93. The van der Waals surface area contributed by atoms with Crippen LogP contribution in [0.4, 0.5) is 10.5 Å². The highest BCUT2D eigenvalue weighted by Crippen LogP contribution is 2.20. The Morgan fingerprint density at radius 2 is 1.77 bits per heavy atom. The van der Waals surface area contributed by atoms with E-state index >= 15 is 0 Å². The quantitative estimate of drug-likeness (QED) is 0.726. The molecule has 1 heterocycles. The summed E-state index contributed by atoms with van der Waals surface area (Å²) < 4.78 is 5.35. The fourth-order valence-corrected chi connectivity index (χ4v) is 3.37. The topological polar surface area (TPSA) is 87.7 Å². The molecule has 3 rings (SSSR count). The third-order valence-corrected chi connectivity index (χ3v) is 5.26. The van der Waals surface area contributed by atoms with Gasteiger partial charge in [0.15, 0.2) is 0 Å². The highest BCUT2D eigenvalue weighted by molar-refractivity contribution is 6.40. The molecule has 0 aliphatic carbocycles. The minimum atomic E-state index is -0.732. The number of nitrogens with zero attached hydrogens (tertiary/aromatic N) is 1. The van der Waals surface area contributed by atoms with Gasteiger partial charge in [-0.2, -0.15) is 0 Å². The van der Waals surface area contributed by atoms with Crippen molar-refractivity contribution in [3.8, 4) is 5.75 Å². The Hall–Kier alpha value is -3.06. The second-order valence-corrected chi connectivity index (χ2v) is 7.67. The number of rotatable bonds is 4. The van der Waals surface area contributed by atoms with E-state index in [1.807, 2.05) is 13.0 Å². The van der Waals surface area contributed by atoms with Crippen molar-refractivity contribution in [2.24, 2.45) is 5.92 Å². The molecule has 3 amide bonds. The molecule has 1 aliphatic rings. The summed E-state index contributed by atoms with van der Waals surface area (Å²) in [5.74, 6) is -0.724. The Kier molecular flexibility index (Phi) is 7.30. The third kappa shape index (κ3) is 5.97. The van der Waals surface area contributed by atoms with Crippen LogP contribution < -0.4 is 15.4 Å². The van der Waals surface area contributed by atoms with Crippen LogP contribution in [0.5, 0.6) is 5.75 Å². The van der Waals surface area contributed by atoms with Crippen molar-refractivity contribution in [1.82, 2.24) is 10.2 Å². The number of piperidine rings is 1. The van der Waals surface area contributed by atoms with Crippen molar-refractivity contribution in [2.75, 3.05) is 25.0 Å². The molecule has 1 aliphatic heterocycles. The molecule has 0 unspecified atom stereocenters. The Morgan fingerprint density at radius 1 is 1.07 bits per heavy atom. The highest BCUT2D eigenvalue weighted by Gasteiger charge is 2.25. The zero-order valence-electron chi connectivity index (χ0n) is 16.7. The van der Waals surface area contributed by atoms with Crippen molar-refractivity contribution in [1.29, 1.82) is 0 Å². The van der Waals surface area contributed by atoms with Crippen LogP contribution in [0.2, 0.25) is 5.02 Å². The van der Waals surface area contributed by atoms with E-state index in [4.69, 9.17) is 16.3 Å². The molecular weight excluding hydrogens is 406 g/mol. The molecule has 0 bridgehead atoms. The summed E-state index contributed by atoms with van der Waals surface area (Å²) in [5.41, 5.74) is 1.32. The summed E-state index contributed by atoms with van der Waals surface area (Å²) in [6, 6.07) is 14.0.